The maximum Gasteiger partial charge on any atom is 0.244 e. The number of hydrogen-bond acceptors (Lipinski definition) is 4. The number of aldehydes is 1. The molecule has 1 amide bonds. The highest BCUT2D eigenvalue weighted by Crippen LogP contribution is 2.16. The van der Waals surface area contributed by atoms with Gasteiger partial charge in [-0.3, -0.25) is 4.79 Å². The summed E-state index contributed by atoms with van der Waals surface area (Å²) in [6.45, 7) is 1.71. The molecule has 0 radical (unpaired) electrons. The molecule has 0 aromatic heterocycles. The third kappa shape index (κ3) is 3.57. The summed E-state index contributed by atoms with van der Waals surface area (Å²) in [7, 11) is 2.82. The van der Waals surface area contributed by atoms with Gasteiger partial charge in [-0.05, 0) is 0 Å². The van der Waals surface area contributed by atoms with E-state index in [1.807, 2.05) is 0 Å². The number of nitrogens with two attached hydrogens (primary N) is 1. The Morgan fingerprint density at radius 3 is 2.29 bits per heavy atom. The zero-order valence-electron chi connectivity index (χ0n) is 8.52. The van der Waals surface area contributed by atoms with Crippen molar-refractivity contribution in [3.63, 3.8) is 0 Å². The van der Waals surface area contributed by atoms with Crippen LogP contribution in [0.3, 0.4) is 0 Å². The first kappa shape index (κ1) is 12.6. The van der Waals surface area contributed by atoms with Gasteiger partial charge in [0, 0.05) is 19.1 Å². The summed E-state index contributed by atoms with van der Waals surface area (Å²) in [5.74, 6) is -0.624. The molecule has 0 saturated heterocycles. The molecule has 0 aliphatic rings. The van der Waals surface area contributed by atoms with Crippen LogP contribution in [0.4, 0.5) is 0 Å². The van der Waals surface area contributed by atoms with Crippen LogP contribution in [0.2, 0.25) is 0 Å². The normalized spacial score (nSPS) is 15.8. The number of rotatable bonds is 6. The lowest BCUT2D eigenvalue weighted by atomic mass is 10.0. The van der Waals surface area contributed by atoms with Crippen molar-refractivity contribution in [2.75, 3.05) is 14.2 Å². The van der Waals surface area contributed by atoms with E-state index >= 15 is 0 Å². The van der Waals surface area contributed by atoms with Gasteiger partial charge in [-0.15, -0.1) is 0 Å². The third-order valence-corrected chi connectivity index (χ3v) is 1.87. The lowest BCUT2D eigenvalue weighted by molar-refractivity contribution is -0.119. The Morgan fingerprint density at radius 1 is 1.43 bits per heavy atom. The summed E-state index contributed by atoms with van der Waals surface area (Å²) in [6, 6.07) is 0. The van der Waals surface area contributed by atoms with Gasteiger partial charge in [-0.2, -0.15) is 0 Å². The molecule has 0 aromatic rings. The number of primary amides is 1. The van der Waals surface area contributed by atoms with E-state index in [1.165, 1.54) is 14.2 Å². The number of carbonyl (C=O) groups is 2. The number of hydrogen-bond donors (Lipinski definition) is 1. The molecule has 0 bridgehead atoms. The Hall–Kier alpha value is -1.36. The molecule has 2 N–H and O–H groups in total. The van der Waals surface area contributed by atoms with Crippen LogP contribution in [-0.2, 0) is 19.1 Å². The van der Waals surface area contributed by atoms with Crippen LogP contribution in [0, 0.1) is 5.92 Å². The van der Waals surface area contributed by atoms with Crippen molar-refractivity contribution in [3.05, 3.63) is 11.8 Å². The average molecular weight is 201 g/mol. The molecule has 5 nitrogen and oxygen atoms in total. The van der Waals surface area contributed by atoms with E-state index in [4.69, 9.17) is 15.2 Å². The molecule has 80 valence electrons. The van der Waals surface area contributed by atoms with Crippen molar-refractivity contribution in [3.8, 4) is 0 Å². The van der Waals surface area contributed by atoms with Gasteiger partial charge in [0.25, 0.3) is 0 Å². The van der Waals surface area contributed by atoms with E-state index in [0.717, 1.165) is 6.08 Å². The van der Waals surface area contributed by atoms with E-state index in [0.29, 0.717) is 12.0 Å². The van der Waals surface area contributed by atoms with Crippen molar-refractivity contribution in [1.29, 1.82) is 0 Å². The van der Waals surface area contributed by atoms with Crippen molar-refractivity contribution in [1.82, 2.24) is 0 Å². The Morgan fingerprint density at radius 2 is 2.00 bits per heavy atom. The van der Waals surface area contributed by atoms with Crippen LogP contribution in [0.15, 0.2) is 11.8 Å². The second kappa shape index (κ2) is 6.15. The number of ether oxygens (including phenoxy) is 2. The monoisotopic (exact) mass is 201 g/mol. The van der Waals surface area contributed by atoms with Gasteiger partial charge in [0.15, 0.2) is 0 Å². The molecule has 0 aliphatic carbocycles. The van der Waals surface area contributed by atoms with Crippen LogP contribution in [-0.4, -0.2) is 32.5 Å². The molecule has 0 aromatic carbocycles. The van der Waals surface area contributed by atoms with E-state index in [9.17, 15) is 9.59 Å². The topological polar surface area (TPSA) is 78.6 Å². The fourth-order valence-corrected chi connectivity index (χ4v) is 1.06. The second-order valence-electron chi connectivity index (χ2n) is 2.78. The molecule has 0 fully saturated rings. The van der Waals surface area contributed by atoms with Gasteiger partial charge in [0.1, 0.15) is 18.1 Å². The highest BCUT2D eigenvalue weighted by molar-refractivity contribution is 5.86. The molecule has 14 heavy (non-hydrogen) atoms. The Bertz CT molecular complexity index is 237. The summed E-state index contributed by atoms with van der Waals surface area (Å²) in [5, 5.41) is 0. The van der Waals surface area contributed by atoms with Crippen LogP contribution in [0.25, 0.3) is 0 Å². The molecule has 0 spiro atoms. The molecule has 0 saturated carbocycles. The van der Waals surface area contributed by atoms with Gasteiger partial charge >= 0.3 is 0 Å². The Balaban J connectivity index is 4.67. The summed E-state index contributed by atoms with van der Waals surface area (Å²) in [4.78, 5) is 21.2. The fourth-order valence-electron chi connectivity index (χ4n) is 1.06. The summed E-state index contributed by atoms with van der Waals surface area (Å²) >= 11 is 0. The maximum absolute atomic E-state index is 10.6. The smallest absolute Gasteiger partial charge is 0.244 e. The number of amides is 1. The summed E-state index contributed by atoms with van der Waals surface area (Å²) in [6.07, 6.45) is 1.15. The van der Waals surface area contributed by atoms with Crippen LogP contribution in [0.1, 0.15) is 6.92 Å². The van der Waals surface area contributed by atoms with Crippen LogP contribution in [0.5, 0.6) is 0 Å². The first-order valence-corrected chi connectivity index (χ1v) is 4.09. The quantitative estimate of drug-likeness (QED) is 0.368. The molecule has 2 atom stereocenters. The van der Waals surface area contributed by atoms with E-state index in [1.54, 1.807) is 6.92 Å². The third-order valence-electron chi connectivity index (χ3n) is 1.87. The van der Waals surface area contributed by atoms with Crippen molar-refractivity contribution < 1.29 is 19.1 Å². The molecular weight excluding hydrogens is 186 g/mol. The summed E-state index contributed by atoms with van der Waals surface area (Å²) in [5.41, 5.74) is 4.97. The van der Waals surface area contributed by atoms with E-state index in [-0.39, 0.29) is 5.92 Å². The minimum Gasteiger partial charge on any atom is -0.500 e. The van der Waals surface area contributed by atoms with Gasteiger partial charge < -0.3 is 20.0 Å². The van der Waals surface area contributed by atoms with Crippen molar-refractivity contribution in [2.24, 2.45) is 11.7 Å². The first-order valence-electron chi connectivity index (χ1n) is 4.09. The second-order valence-corrected chi connectivity index (χ2v) is 2.78. The Kier molecular flexibility index (Phi) is 5.55. The average Bonchev–Trinajstić information content (AvgIpc) is 2.15. The Labute approximate surface area is 82.9 Å². The standard InChI is InChI=1S/C9H15NO4/c1-6(8(5-11)14-3)7(13-2)4-9(10)12/h4-6,8H,1-3H3,(H2,10,12)/b7-4-/t6-,8-/m1/s1. The molecule has 0 heterocycles. The highest BCUT2D eigenvalue weighted by Gasteiger charge is 2.21. The predicted octanol–water partition coefficient (Wildman–Crippen LogP) is -0.148. The lowest BCUT2D eigenvalue weighted by Gasteiger charge is -2.19. The first-order chi connectivity index (χ1) is 6.56. The molecule has 0 rings (SSSR count). The summed E-state index contributed by atoms with van der Waals surface area (Å²) < 4.78 is 9.81. The number of carbonyl (C=O) groups excluding carboxylic acids is 2. The predicted molar refractivity (Wildman–Crippen MR) is 50.3 cm³/mol. The molecule has 0 aliphatic heterocycles. The van der Waals surface area contributed by atoms with Gasteiger partial charge in [-0.1, -0.05) is 6.92 Å². The van der Waals surface area contributed by atoms with Crippen LogP contribution < -0.4 is 5.73 Å². The minimum atomic E-state index is -0.638. The highest BCUT2D eigenvalue weighted by atomic mass is 16.5. The van der Waals surface area contributed by atoms with Crippen molar-refractivity contribution in [2.45, 2.75) is 13.0 Å². The zero-order valence-corrected chi connectivity index (χ0v) is 8.52. The molecule has 0 unspecified atom stereocenters. The molecular formula is C9H15NO4. The largest absolute Gasteiger partial charge is 0.500 e. The van der Waals surface area contributed by atoms with E-state index < -0.39 is 12.0 Å². The van der Waals surface area contributed by atoms with Crippen LogP contribution >= 0.6 is 0 Å². The number of methoxy groups -OCH3 is 2. The van der Waals surface area contributed by atoms with Gasteiger partial charge in [0.2, 0.25) is 5.91 Å². The maximum atomic E-state index is 10.6. The lowest BCUT2D eigenvalue weighted by Crippen LogP contribution is -2.25. The van der Waals surface area contributed by atoms with Gasteiger partial charge in [0.05, 0.1) is 7.11 Å². The fraction of sp³-hybridized carbons (Fsp3) is 0.556. The minimum absolute atomic E-state index is 0.330. The molecule has 5 heteroatoms. The SMILES string of the molecule is CO/C(=C\C(N)=O)[C@@H](C)[C@@H](C=O)OC. The van der Waals surface area contributed by atoms with E-state index in [2.05, 4.69) is 0 Å². The van der Waals surface area contributed by atoms with Gasteiger partial charge in [-0.25, -0.2) is 0 Å². The zero-order chi connectivity index (χ0) is 11.1. The van der Waals surface area contributed by atoms with Crippen molar-refractivity contribution >= 4 is 12.2 Å².